The van der Waals surface area contributed by atoms with Crippen molar-refractivity contribution < 1.29 is 13.2 Å². The third kappa shape index (κ3) is 5.59. The Morgan fingerprint density at radius 3 is 2.53 bits per heavy atom. The first kappa shape index (κ1) is 22.3. The Labute approximate surface area is 178 Å². The summed E-state index contributed by atoms with van der Waals surface area (Å²) in [4.78, 5) is 17.1. The molecule has 1 heterocycles. The predicted molar refractivity (Wildman–Crippen MR) is 120 cm³/mol. The van der Waals surface area contributed by atoms with Crippen molar-refractivity contribution >= 4 is 27.3 Å². The second-order valence-corrected chi connectivity index (χ2v) is 9.39. The van der Waals surface area contributed by atoms with Gasteiger partial charge in [0.1, 0.15) is 0 Å². The number of sulfonamides is 1. The Hall–Kier alpha value is -2.42. The lowest BCUT2D eigenvalue weighted by molar-refractivity contribution is -0.120. The molecular formula is C22H30N4O3S. The molecule has 0 spiro atoms. The summed E-state index contributed by atoms with van der Waals surface area (Å²) < 4.78 is 23.1. The minimum absolute atomic E-state index is 0.0308. The number of hydrogen-bond donors (Lipinski definition) is 2. The van der Waals surface area contributed by atoms with Crippen LogP contribution in [0.25, 0.3) is 0 Å². The standard InChI is InChI=1S/C22H30N4O3S/c1-17(22(27)24-19-10-8-11-20(15-19)30(23,28)29)25(2)16-18-9-4-5-12-21(18)26-13-6-3-7-14-26/h4-5,8-12,15,17H,3,6-7,13-14,16H2,1-2H3,(H,24,27)(H2,23,28,29)/t17-/m1/s1. The van der Waals surface area contributed by atoms with E-state index in [2.05, 4.69) is 28.4 Å². The second kappa shape index (κ2) is 9.59. The Balaban J connectivity index is 1.68. The summed E-state index contributed by atoms with van der Waals surface area (Å²) in [6, 6.07) is 13.9. The minimum Gasteiger partial charge on any atom is -0.371 e. The molecule has 30 heavy (non-hydrogen) atoms. The highest BCUT2D eigenvalue weighted by Crippen LogP contribution is 2.25. The molecule has 0 bridgehead atoms. The predicted octanol–water partition coefficient (Wildman–Crippen LogP) is 2.78. The van der Waals surface area contributed by atoms with Gasteiger partial charge in [0.2, 0.25) is 15.9 Å². The van der Waals surface area contributed by atoms with E-state index in [9.17, 15) is 13.2 Å². The summed E-state index contributed by atoms with van der Waals surface area (Å²) in [7, 11) is -1.91. The SMILES string of the molecule is C[C@H](C(=O)Nc1cccc(S(N)(=O)=O)c1)N(C)Cc1ccccc1N1CCCCC1. The van der Waals surface area contributed by atoms with Crippen molar-refractivity contribution in [2.45, 2.75) is 43.7 Å². The molecule has 0 radical (unpaired) electrons. The van der Waals surface area contributed by atoms with Crippen LogP contribution in [0.4, 0.5) is 11.4 Å². The average molecular weight is 431 g/mol. The number of benzene rings is 2. The van der Waals surface area contributed by atoms with Crippen molar-refractivity contribution in [2.24, 2.45) is 5.14 Å². The van der Waals surface area contributed by atoms with Crippen LogP contribution in [0.15, 0.2) is 53.4 Å². The van der Waals surface area contributed by atoms with Crippen molar-refractivity contribution in [3.8, 4) is 0 Å². The maximum atomic E-state index is 12.7. The highest BCUT2D eigenvalue weighted by Gasteiger charge is 2.21. The number of rotatable bonds is 7. The van der Waals surface area contributed by atoms with Gasteiger partial charge in [-0.2, -0.15) is 0 Å². The van der Waals surface area contributed by atoms with Crippen LogP contribution < -0.4 is 15.4 Å². The van der Waals surface area contributed by atoms with Gasteiger partial charge in [-0.1, -0.05) is 24.3 Å². The van der Waals surface area contributed by atoms with Gasteiger partial charge < -0.3 is 10.2 Å². The molecule has 0 aliphatic carbocycles. The zero-order valence-electron chi connectivity index (χ0n) is 17.5. The molecule has 3 N–H and O–H groups in total. The smallest absolute Gasteiger partial charge is 0.241 e. The summed E-state index contributed by atoms with van der Waals surface area (Å²) in [5.41, 5.74) is 2.83. The highest BCUT2D eigenvalue weighted by atomic mass is 32.2. The number of anilines is 2. The zero-order chi connectivity index (χ0) is 21.7. The first-order chi connectivity index (χ1) is 14.3. The summed E-state index contributed by atoms with van der Waals surface area (Å²) >= 11 is 0. The van der Waals surface area contributed by atoms with E-state index in [1.54, 1.807) is 12.1 Å². The topological polar surface area (TPSA) is 95.7 Å². The summed E-state index contributed by atoms with van der Waals surface area (Å²) in [5.74, 6) is -0.209. The fourth-order valence-electron chi connectivity index (χ4n) is 3.69. The maximum absolute atomic E-state index is 12.7. The van der Waals surface area contributed by atoms with E-state index in [1.807, 2.05) is 24.9 Å². The largest absolute Gasteiger partial charge is 0.371 e. The number of nitrogens with zero attached hydrogens (tertiary/aromatic N) is 2. The molecule has 8 heteroatoms. The Morgan fingerprint density at radius 2 is 1.83 bits per heavy atom. The average Bonchev–Trinajstić information content (AvgIpc) is 2.73. The fraction of sp³-hybridized carbons (Fsp3) is 0.409. The van der Waals surface area contributed by atoms with Crippen LogP contribution >= 0.6 is 0 Å². The molecule has 1 atom stereocenters. The number of piperidine rings is 1. The van der Waals surface area contributed by atoms with Gasteiger partial charge in [-0.25, -0.2) is 13.6 Å². The van der Waals surface area contributed by atoms with Crippen LogP contribution in [0.3, 0.4) is 0 Å². The molecule has 0 saturated carbocycles. The molecule has 1 amide bonds. The zero-order valence-corrected chi connectivity index (χ0v) is 18.4. The Kier molecular flexibility index (Phi) is 7.12. The van der Waals surface area contributed by atoms with Crippen molar-refractivity contribution in [1.82, 2.24) is 4.90 Å². The molecule has 3 rings (SSSR count). The van der Waals surface area contributed by atoms with E-state index in [0.717, 1.165) is 13.1 Å². The first-order valence-electron chi connectivity index (χ1n) is 10.2. The summed E-state index contributed by atoms with van der Waals surface area (Å²) in [6.07, 6.45) is 3.70. The highest BCUT2D eigenvalue weighted by molar-refractivity contribution is 7.89. The lowest BCUT2D eigenvalue weighted by Crippen LogP contribution is -2.39. The van der Waals surface area contributed by atoms with Gasteiger partial charge in [-0.15, -0.1) is 0 Å². The van der Waals surface area contributed by atoms with Crippen molar-refractivity contribution in [3.63, 3.8) is 0 Å². The number of amides is 1. The number of carbonyl (C=O) groups excluding carboxylic acids is 1. The van der Waals surface area contributed by atoms with E-state index >= 15 is 0 Å². The van der Waals surface area contributed by atoms with Gasteiger partial charge in [-0.05, 0) is 63.1 Å². The van der Waals surface area contributed by atoms with Crippen LogP contribution in [0.1, 0.15) is 31.7 Å². The molecular weight excluding hydrogens is 400 g/mol. The summed E-state index contributed by atoms with van der Waals surface area (Å²) in [6.45, 7) is 4.61. The number of hydrogen-bond acceptors (Lipinski definition) is 5. The lowest BCUT2D eigenvalue weighted by Gasteiger charge is -2.32. The molecule has 0 aromatic heterocycles. The molecule has 1 fully saturated rings. The molecule has 1 aliphatic rings. The third-order valence-corrected chi connectivity index (χ3v) is 6.49. The molecule has 1 saturated heterocycles. The van der Waals surface area contributed by atoms with Crippen LogP contribution in [-0.4, -0.2) is 45.4 Å². The van der Waals surface area contributed by atoms with E-state index in [4.69, 9.17) is 5.14 Å². The van der Waals surface area contributed by atoms with E-state index in [0.29, 0.717) is 12.2 Å². The third-order valence-electron chi connectivity index (χ3n) is 5.58. The number of primary sulfonamides is 1. The van der Waals surface area contributed by atoms with Gasteiger partial charge >= 0.3 is 0 Å². The maximum Gasteiger partial charge on any atom is 0.241 e. The summed E-state index contributed by atoms with van der Waals surface area (Å²) in [5, 5.41) is 7.96. The van der Waals surface area contributed by atoms with Crippen molar-refractivity contribution in [2.75, 3.05) is 30.4 Å². The van der Waals surface area contributed by atoms with Gasteiger partial charge in [-0.3, -0.25) is 9.69 Å². The number of carbonyl (C=O) groups is 1. The first-order valence-corrected chi connectivity index (χ1v) is 11.8. The van der Waals surface area contributed by atoms with Gasteiger partial charge in [0, 0.05) is 31.0 Å². The quantitative estimate of drug-likeness (QED) is 0.704. The minimum atomic E-state index is -3.82. The molecule has 0 unspecified atom stereocenters. The normalized spacial score (nSPS) is 15.8. The molecule has 2 aromatic rings. The van der Waals surface area contributed by atoms with E-state index < -0.39 is 16.1 Å². The number of nitrogens with one attached hydrogen (secondary N) is 1. The van der Waals surface area contributed by atoms with Crippen molar-refractivity contribution in [1.29, 1.82) is 0 Å². The monoisotopic (exact) mass is 430 g/mol. The fourth-order valence-corrected chi connectivity index (χ4v) is 4.25. The van der Waals surface area contributed by atoms with Crippen LogP contribution in [0.2, 0.25) is 0 Å². The molecule has 7 nitrogen and oxygen atoms in total. The number of likely N-dealkylation sites (N-methyl/N-ethyl adjacent to an activating group) is 1. The van der Waals surface area contributed by atoms with Crippen molar-refractivity contribution in [3.05, 3.63) is 54.1 Å². The Bertz CT molecular complexity index is 987. The number of nitrogens with two attached hydrogens (primary N) is 1. The van der Waals surface area contributed by atoms with Crippen LogP contribution in [0, 0.1) is 0 Å². The number of para-hydroxylation sites is 1. The lowest BCUT2D eigenvalue weighted by atomic mass is 10.1. The Morgan fingerprint density at radius 1 is 1.13 bits per heavy atom. The second-order valence-electron chi connectivity index (χ2n) is 7.83. The van der Waals surface area contributed by atoms with Gasteiger partial charge in [0.25, 0.3) is 0 Å². The van der Waals surface area contributed by atoms with Gasteiger partial charge in [0.05, 0.1) is 10.9 Å². The van der Waals surface area contributed by atoms with E-state index in [1.165, 1.54) is 42.6 Å². The van der Waals surface area contributed by atoms with Crippen LogP contribution in [-0.2, 0) is 21.4 Å². The molecule has 1 aliphatic heterocycles. The van der Waals surface area contributed by atoms with Gasteiger partial charge in [0.15, 0.2) is 0 Å². The molecule has 2 aromatic carbocycles. The molecule has 162 valence electrons. The van der Waals surface area contributed by atoms with Crippen LogP contribution in [0.5, 0.6) is 0 Å². The van der Waals surface area contributed by atoms with E-state index in [-0.39, 0.29) is 10.8 Å².